The molecule has 2 fully saturated rings. The van der Waals surface area contributed by atoms with Gasteiger partial charge in [-0.1, -0.05) is 12.1 Å². The number of nitrogens with zero attached hydrogens (tertiary/aromatic N) is 3. The lowest BCUT2D eigenvalue weighted by Gasteiger charge is -2.30. The van der Waals surface area contributed by atoms with Gasteiger partial charge in [-0.2, -0.15) is 4.98 Å². The van der Waals surface area contributed by atoms with E-state index >= 15 is 0 Å². The molecule has 112 valence electrons. The molecule has 1 aromatic heterocycles. The van der Waals surface area contributed by atoms with Gasteiger partial charge in [0.05, 0.1) is 18.8 Å². The zero-order valence-electron chi connectivity index (χ0n) is 11.8. The van der Waals surface area contributed by atoms with Crippen LogP contribution in [0.5, 0.6) is 0 Å². The van der Waals surface area contributed by atoms with E-state index in [2.05, 4.69) is 27.3 Å². The predicted octanol–water partition coefficient (Wildman–Crippen LogP) is 0.248. The van der Waals surface area contributed by atoms with Crippen LogP contribution in [0.15, 0.2) is 4.52 Å². The largest absolute Gasteiger partial charge is 0.392 e. The van der Waals surface area contributed by atoms with Crippen molar-refractivity contribution in [3.63, 3.8) is 0 Å². The fraction of sp³-hybridized carbons (Fsp3) is 0.846. The Kier molecular flexibility index (Phi) is 4.30. The van der Waals surface area contributed by atoms with Gasteiger partial charge in [-0.05, 0) is 19.4 Å². The molecular formula is C13H22N4O3. The van der Waals surface area contributed by atoms with Crippen molar-refractivity contribution in [3.05, 3.63) is 11.7 Å². The highest BCUT2D eigenvalue weighted by atomic mass is 16.5. The molecule has 2 aliphatic heterocycles. The lowest BCUT2D eigenvalue weighted by atomic mass is 10.2. The van der Waals surface area contributed by atoms with E-state index in [9.17, 15) is 5.11 Å². The van der Waals surface area contributed by atoms with Crippen LogP contribution in [0.3, 0.4) is 0 Å². The van der Waals surface area contributed by atoms with E-state index in [1.807, 2.05) is 0 Å². The summed E-state index contributed by atoms with van der Waals surface area (Å²) in [5.74, 6) is 1.16. The second-order valence-corrected chi connectivity index (χ2v) is 5.50. The summed E-state index contributed by atoms with van der Waals surface area (Å²) >= 11 is 0. The molecule has 0 aromatic carbocycles. The monoisotopic (exact) mass is 282 g/mol. The Hall–Kier alpha value is -1.02. The minimum absolute atomic E-state index is 0.0402. The van der Waals surface area contributed by atoms with E-state index in [0.717, 1.165) is 26.1 Å². The van der Waals surface area contributed by atoms with Crippen LogP contribution in [0, 0.1) is 0 Å². The molecule has 0 aliphatic carbocycles. The average molecular weight is 282 g/mol. The van der Waals surface area contributed by atoms with Crippen molar-refractivity contribution in [2.75, 3.05) is 32.8 Å². The van der Waals surface area contributed by atoms with E-state index in [1.165, 1.54) is 0 Å². The van der Waals surface area contributed by atoms with Crippen LogP contribution >= 0.6 is 0 Å². The van der Waals surface area contributed by atoms with E-state index in [4.69, 9.17) is 9.26 Å². The van der Waals surface area contributed by atoms with Gasteiger partial charge in [0.25, 0.3) is 0 Å². The van der Waals surface area contributed by atoms with Gasteiger partial charge >= 0.3 is 0 Å². The first kappa shape index (κ1) is 13.9. The third-order valence-corrected chi connectivity index (χ3v) is 3.84. The van der Waals surface area contributed by atoms with Crippen LogP contribution in [-0.4, -0.2) is 59.0 Å². The Morgan fingerprint density at radius 1 is 1.50 bits per heavy atom. The SMILES string of the molecule is CCCN1CCOC(c2noc([C@@H]3CC(O)CN3)n2)C1. The van der Waals surface area contributed by atoms with Crippen molar-refractivity contribution in [1.82, 2.24) is 20.4 Å². The molecule has 2 aliphatic rings. The van der Waals surface area contributed by atoms with E-state index in [0.29, 0.717) is 31.3 Å². The predicted molar refractivity (Wildman–Crippen MR) is 71.1 cm³/mol. The smallest absolute Gasteiger partial charge is 0.243 e. The van der Waals surface area contributed by atoms with Gasteiger partial charge < -0.3 is 19.7 Å². The van der Waals surface area contributed by atoms with E-state index in [1.54, 1.807) is 0 Å². The normalized spacial score (nSPS) is 31.8. The summed E-state index contributed by atoms with van der Waals surface area (Å²) in [6.45, 7) is 6.30. The van der Waals surface area contributed by atoms with Crippen LogP contribution in [0.1, 0.15) is 43.6 Å². The molecule has 1 aromatic rings. The number of β-amino-alcohol motifs (C(OH)–C–C–N with tert-alkyl or cyclic N) is 1. The Balaban J connectivity index is 1.64. The van der Waals surface area contributed by atoms with Crippen molar-refractivity contribution in [2.45, 2.75) is 38.0 Å². The summed E-state index contributed by atoms with van der Waals surface area (Å²) in [4.78, 5) is 6.80. The molecule has 3 atom stereocenters. The van der Waals surface area contributed by atoms with Gasteiger partial charge in [-0.3, -0.25) is 4.90 Å². The van der Waals surface area contributed by atoms with Gasteiger partial charge in [0, 0.05) is 19.6 Å². The molecule has 0 saturated carbocycles. The summed E-state index contributed by atoms with van der Waals surface area (Å²) in [6, 6.07) is -0.0402. The maximum absolute atomic E-state index is 9.53. The summed E-state index contributed by atoms with van der Waals surface area (Å²) in [7, 11) is 0. The standard InChI is InChI=1S/C13H22N4O3/c1-2-3-17-4-5-19-11(8-17)12-15-13(20-16-12)10-6-9(18)7-14-10/h9-11,14,18H,2-8H2,1H3/t9?,10-,11?/m0/s1. The number of rotatable bonds is 4. The molecule has 2 unspecified atom stereocenters. The molecule has 0 radical (unpaired) electrons. The van der Waals surface area contributed by atoms with Crippen LogP contribution in [0.4, 0.5) is 0 Å². The van der Waals surface area contributed by atoms with Crippen LogP contribution in [0.2, 0.25) is 0 Å². The Labute approximate surface area is 118 Å². The third-order valence-electron chi connectivity index (χ3n) is 3.84. The van der Waals surface area contributed by atoms with Gasteiger partial charge in [0.15, 0.2) is 0 Å². The minimum Gasteiger partial charge on any atom is -0.392 e. The van der Waals surface area contributed by atoms with E-state index in [-0.39, 0.29) is 18.2 Å². The Morgan fingerprint density at radius 3 is 3.15 bits per heavy atom. The fourth-order valence-electron chi connectivity index (χ4n) is 2.80. The minimum atomic E-state index is -0.332. The van der Waals surface area contributed by atoms with Crippen molar-refractivity contribution in [2.24, 2.45) is 0 Å². The molecule has 0 spiro atoms. The highest BCUT2D eigenvalue weighted by Crippen LogP contribution is 2.25. The molecule has 2 saturated heterocycles. The first-order valence-electron chi connectivity index (χ1n) is 7.35. The fourth-order valence-corrected chi connectivity index (χ4v) is 2.80. The molecule has 0 bridgehead atoms. The molecule has 20 heavy (non-hydrogen) atoms. The molecule has 7 nitrogen and oxygen atoms in total. The van der Waals surface area contributed by atoms with Gasteiger partial charge in [-0.25, -0.2) is 0 Å². The van der Waals surface area contributed by atoms with Crippen molar-refractivity contribution in [1.29, 1.82) is 0 Å². The first-order valence-corrected chi connectivity index (χ1v) is 7.35. The zero-order valence-corrected chi connectivity index (χ0v) is 11.8. The Morgan fingerprint density at radius 2 is 2.40 bits per heavy atom. The second kappa shape index (κ2) is 6.17. The number of aliphatic hydroxyl groups excluding tert-OH is 1. The molecule has 3 heterocycles. The topological polar surface area (TPSA) is 83.7 Å². The summed E-state index contributed by atoms with van der Waals surface area (Å²) in [5, 5.41) is 16.7. The quantitative estimate of drug-likeness (QED) is 0.819. The highest BCUT2D eigenvalue weighted by Gasteiger charge is 2.31. The lowest BCUT2D eigenvalue weighted by molar-refractivity contribution is -0.0350. The van der Waals surface area contributed by atoms with Gasteiger partial charge in [0.1, 0.15) is 6.10 Å². The molecule has 3 rings (SSSR count). The average Bonchev–Trinajstić information content (AvgIpc) is 3.08. The van der Waals surface area contributed by atoms with Crippen LogP contribution in [-0.2, 0) is 4.74 Å². The highest BCUT2D eigenvalue weighted by molar-refractivity contribution is 5.00. The summed E-state index contributed by atoms with van der Waals surface area (Å²) < 4.78 is 11.1. The van der Waals surface area contributed by atoms with Crippen LogP contribution < -0.4 is 5.32 Å². The third kappa shape index (κ3) is 3.01. The maximum atomic E-state index is 9.53. The number of morpholine rings is 1. The van der Waals surface area contributed by atoms with Crippen molar-refractivity contribution >= 4 is 0 Å². The first-order chi connectivity index (χ1) is 9.76. The number of hydrogen-bond donors (Lipinski definition) is 2. The van der Waals surface area contributed by atoms with Crippen LogP contribution in [0.25, 0.3) is 0 Å². The number of aliphatic hydroxyl groups is 1. The van der Waals surface area contributed by atoms with E-state index < -0.39 is 0 Å². The van der Waals surface area contributed by atoms with Crippen molar-refractivity contribution < 1.29 is 14.4 Å². The molecule has 7 heteroatoms. The molecular weight excluding hydrogens is 260 g/mol. The lowest BCUT2D eigenvalue weighted by Crippen LogP contribution is -2.39. The number of aromatic nitrogens is 2. The summed E-state index contributed by atoms with van der Waals surface area (Å²) in [6.07, 6.45) is 1.31. The zero-order chi connectivity index (χ0) is 13.9. The summed E-state index contributed by atoms with van der Waals surface area (Å²) in [5.41, 5.74) is 0. The number of hydrogen-bond acceptors (Lipinski definition) is 7. The van der Waals surface area contributed by atoms with Gasteiger partial charge in [0.2, 0.25) is 11.7 Å². The molecule has 0 amide bonds. The number of ether oxygens (including phenoxy) is 1. The van der Waals surface area contributed by atoms with Gasteiger partial charge in [-0.15, -0.1) is 0 Å². The number of nitrogens with one attached hydrogen (secondary N) is 1. The Bertz CT molecular complexity index is 437. The maximum Gasteiger partial charge on any atom is 0.243 e. The van der Waals surface area contributed by atoms with Crippen molar-refractivity contribution in [3.8, 4) is 0 Å². The molecule has 2 N–H and O–H groups in total. The second-order valence-electron chi connectivity index (χ2n) is 5.50.